The highest BCUT2D eigenvalue weighted by molar-refractivity contribution is 7.92. The molecule has 0 spiro atoms. The van der Waals surface area contributed by atoms with Crippen LogP contribution in [0.1, 0.15) is 15.9 Å². The van der Waals surface area contributed by atoms with Gasteiger partial charge in [0.15, 0.2) is 0 Å². The molecule has 1 amide bonds. The summed E-state index contributed by atoms with van der Waals surface area (Å²) < 4.78 is 27.7. The van der Waals surface area contributed by atoms with E-state index in [9.17, 15) is 13.2 Å². The molecule has 0 fully saturated rings. The summed E-state index contributed by atoms with van der Waals surface area (Å²) in [5.74, 6) is -0.457. The molecule has 0 heterocycles. The van der Waals surface area contributed by atoms with Crippen molar-refractivity contribution in [3.8, 4) is 0 Å². The summed E-state index contributed by atoms with van der Waals surface area (Å²) in [5, 5.41) is 0. The van der Waals surface area contributed by atoms with Crippen molar-refractivity contribution < 1.29 is 13.2 Å². The van der Waals surface area contributed by atoms with E-state index >= 15 is 0 Å². The zero-order valence-electron chi connectivity index (χ0n) is 14.6. The summed E-state index contributed by atoms with van der Waals surface area (Å²) in [4.78, 5) is 12.6. The van der Waals surface area contributed by atoms with Crippen molar-refractivity contribution >= 4 is 27.3 Å². The van der Waals surface area contributed by atoms with Crippen LogP contribution in [0, 0.1) is 6.92 Å². The number of carbonyl (C=O) groups is 1. The van der Waals surface area contributed by atoms with Gasteiger partial charge in [0.1, 0.15) is 0 Å². The fraction of sp³-hybridized carbons (Fsp3) is 0.0500. The Morgan fingerprint density at radius 3 is 2.15 bits per heavy atom. The fourth-order valence-electron chi connectivity index (χ4n) is 2.41. The van der Waals surface area contributed by atoms with Crippen LogP contribution in [0.25, 0.3) is 0 Å². The Hall–Kier alpha value is -3.32. The van der Waals surface area contributed by atoms with Gasteiger partial charge in [-0.25, -0.2) is 8.42 Å². The molecule has 0 saturated heterocycles. The Bertz CT molecular complexity index is 1030. The predicted octanol–water partition coefficient (Wildman–Crippen LogP) is 3.55. The number of para-hydroxylation sites is 2. The summed E-state index contributed by atoms with van der Waals surface area (Å²) >= 11 is 0. The summed E-state index contributed by atoms with van der Waals surface area (Å²) in [7, 11) is -3.80. The summed E-state index contributed by atoms with van der Waals surface area (Å²) in [5.41, 5.74) is 7.43. The number of sulfonamides is 1. The van der Waals surface area contributed by atoms with Crippen LogP contribution in [-0.2, 0) is 10.0 Å². The number of hydrogen-bond acceptors (Lipinski definition) is 4. The number of anilines is 2. The molecule has 3 rings (SSSR count). The molecule has 3 aromatic carbocycles. The maximum Gasteiger partial charge on any atom is 0.271 e. The van der Waals surface area contributed by atoms with Crippen LogP contribution >= 0.6 is 0 Å². The molecule has 7 heteroatoms. The van der Waals surface area contributed by atoms with E-state index in [0.717, 1.165) is 5.56 Å². The van der Waals surface area contributed by atoms with Crippen LogP contribution in [0.3, 0.4) is 0 Å². The molecule has 3 aromatic rings. The molecule has 0 bridgehead atoms. The molecule has 138 valence electrons. The first-order chi connectivity index (χ1) is 13.0. The highest BCUT2D eigenvalue weighted by atomic mass is 32.2. The lowest BCUT2D eigenvalue weighted by molar-refractivity contribution is 0.0963. The number of aryl methyl sites for hydroxylation is 1. The molecule has 0 aliphatic carbocycles. The lowest BCUT2D eigenvalue weighted by Gasteiger charge is -2.14. The second-order valence-corrected chi connectivity index (χ2v) is 7.59. The average molecular weight is 381 g/mol. The van der Waals surface area contributed by atoms with E-state index in [1.165, 1.54) is 12.1 Å². The van der Waals surface area contributed by atoms with Gasteiger partial charge in [0.2, 0.25) is 0 Å². The molecule has 0 unspecified atom stereocenters. The molecule has 3 N–H and O–H groups in total. The summed E-state index contributed by atoms with van der Waals surface area (Å²) in [6.45, 7) is 1.88. The first-order valence-electron chi connectivity index (χ1n) is 8.26. The summed E-state index contributed by atoms with van der Waals surface area (Å²) in [6, 6.07) is 22.0. The van der Waals surface area contributed by atoms with E-state index in [4.69, 9.17) is 0 Å². The Balaban J connectivity index is 1.79. The maximum absolute atomic E-state index is 12.6. The normalized spacial score (nSPS) is 10.9. The number of benzene rings is 3. The topological polar surface area (TPSA) is 87.3 Å². The van der Waals surface area contributed by atoms with Gasteiger partial charge in [-0.3, -0.25) is 20.4 Å². The Labute approximate surface area is 158 Å². The van der Waals surface area contributed by atoms with Crippen molar-refractivity contribution in [2.24, 2.45) is 0 Å². The second-order valence-electron chi connectivity index (χ2n) is 5.91. The molecule has 0 aliphatic heterocycles. The third-order valence-corrected chi connectivity index (χ3v) is 5.22. The first kappa shape index (κ1) is 18.5. The standard InChI is InChI=1S/C20H19N3O3S/c1-15-11-13-17(14-12-15)27(25,26)23-19-10-6-5-9-18(19)20(24)22-21-16-7-3-2-4-8-16/h2-14,21,23H,1H3,(H,22,24). The van der Waals surface area contributed by atoms with E-state index in [0.29, 0.717) is 5.69 Å². The number of nitrogens with one attached hydrogen (secondary N) is 3. The number of hydrazine groups is 1. The average Bonchev–Trinajstić information content (AvgIpc) is 2.67. The number of rotatable bonds is 6. The Kier molecular flexibility index (Phi) is 5.42. The van der Waals surface area contributed by atoms with E-state index in [1.807, 2.05) is 25.1 Å². The fourth-order valence-corrected chi connectivity index (χ4v) is 3.49. The van der Waals surface area contributed by atoms with E-state index < -0.39 is 15.9 Å². The van der Waals surface area contributed by atoms with Crippen molar-refractivity contribution in [1.29, 1.82) is 0 Å². The minimum absolute atomic E-state index is 0.130. The second kappa shape index (κ2) is 7.92. The Morgan fingerprint density at radius 1 is 0.815 bits per heavy atom. The highest BCUT2D eigenvalue weighted by Crippen LogP contribution is 2.20. The van der Waals surface area contributed by atoms with Crippen LogP contribution in [0.5, 0.6) is 0 Å². The van der Waals surface area contributed by atoms with Crippen molar-refractivity contribution in [3.63, 3.8) is 0 Å². The lowest BCUT2D eigenvalue weighted by atomic mass is 10.2. The van der Waals surface area contributed by atoms with Gasteiger partial charge >= 0.3 is 0 Å². The van der Waals surface area contributed by atoms with Crippen molar-refractivity contribution in [1.82, 2.24) is 5.43 Å². The van der Waals surface area contributed by atoms with Gasteiger partial charge in [0.05, 0.1) is 21.8 Å². The monoisotopic (exact) mass is 381 g/mol. The largest absolute Gasteiger partial charge is 0.298 e. The number of carbonyl (C=O) groups excluding carboxylic acids is 1. The van der Waals surface area contributed by atoms with E-state index in [-0.39, 0.29) is 16.1 Å². The van der Waals surface area contributed by atoms with Crippen molar-refractivity contribution in [2.45, 2.75) is 11.8 Å². The SMILES string of the molecule is Cc1ccc(S(=O)(=O)Nc2ccccc2C(=O)NNc2ccccc2)cc1. The molecule has 0 aromatic heterocycles. The molecule has 0 atom stereocenters. The van der Waals surface area contributed by atoms with Gasteiger partial charge in [0.25, 0.3) is 15.9 Å². The van der Waals surface area contributed by atoms with Crippen LogP contribution in [-0.4, -0.2) is 14.3 Å². The van der Waals surface area contributed by atoms with Gasteiger partial charge in [0, 0.05) is 0 Å². The lowest BCUT2D eigenvalue weighted by Crippen LogP contribution is -2.30. The van der Waals surface area contributed by atoms with Crippen molar-refractivity contribution in [2.75, 3.05) is 10.1 Å². The molecule has 0 radical (unpaired) electrons. The van der Waals surface area contributed by atoms with Gasteiger partial charge in [-0.05, 0) is 43.3 Å². The maximum atomic E-state index is 12.6. The molecule has 0 saturated carbocycles. The highest BCUT2D eigenvalue weighted by Gasteiger charge is 2.18. The summed E-state index contributed by atoms with van der Waals surface area (Å²) in [6.07, 6.45) is 0. The van der Waals surface area contributed by atoms with Gasteiger partial charge < -0.3 is 0 Å². The van der Waals surface area contributed by atoms with Crippen LogP contribution in [0.4, 0.5) is 11.4 Å². The quantitative estimate of drug-likeness (QED) is 0.570. The molecule has 27 heavy (non-hydrogen) atoms. The van der Waals surface area contributed by atoms with Crippen molar-refractivity contribution in [3.05, 3.63) is 90.0 Å². The number of hydrogen-bond donors (Lipinski definition) is 3. The van der Waals surface area contributed by atoms with E-state index in [1.54, 1.807) is 48.5 Å². The molecule has 0 aliphatic rings. The zero-order valence-corrected chi connectivity index (χ0v) is 15.5. The third kappa shape index (κ3) is 4.65. The molecular weight excluding hydrogens is 362 g/mol. The smallest absolute Gasteiger partial charge is 0.271 e. The van der Waals surface area contributed by atoms with Crippen LogP contribution < -0.4 is 15.6 Å². The van der Waals surface area contributed by atoms with Gasteiger partial charge in [-0.15, -0.1) is 0 Å². The minimum Gasteiger partial charge on any atom is -0.298 e. The minimum atomic E-state index is -3.80. The molecular formula is C20H19N3O3S. The zero-order chi connectivity index (χ0) is 19.3. The number of amides is 1. The third-order valence-electron chi connectivity index (χ3n) is 3.84. The van der Waals surface area contributed by atoms with E-state index in [2.05, 4.69) is 15.6 Å². The van der Waals surface area contributed by atoms with Gasteiger partial charge in [-0.2, -0.15) is 0 Å². The van der Waals surface area contributed by atoms with Gasteiger partial charge in [-0.1, -0.05) is 48.0 Å². The molecule has 6 nitrogen and oxygen atoms in total. The van der Waals surface area contributed by atoms with Crippen LogP contribution in [0.2, 0.25) is 0 Å². The van der Waals surface area contributed by atoms with Crippen LogP contribution in [0.15, 0.2) is 83.8 Å². The Morgan fingerprint density at radius 2 is 1.44 bits per heavy atom. The predicted molar refractivity (Wildman–Crippen MR) is 106 cm³/mol. The first-order valence-corrected chi connectivity index (χ1v) is 9.74.